The zero-order valence-electron chi connectivity index (χ0n) is 10.5. The third kappa shape index (κ3) is 2.33. The highest BCUT2D eigenvalue weighted by atomic mass is 16.2. The Kier molecular flexibility index (Phi) is 3.34. The summed E-state index contributed by atoms with van der Waals surface area (Å²) in [5.74, 6) is 0.354. The lowest BCUT2D eigenvalue weighted by Crippen LogP contribution is -2.58. The quantitative estimate of drug-likeness (QED) is 0.718. The van der Waals surface area contributed by atoms with Crippen molar-refractivity contribution in [3.63, 3.8) is 0 Å². The summed E-state index contributed by atoms with van der Waals surface area (Å²) in [4.78, 5) is 17.0. The number of rotatable bonds is 1. The van der Waals surface area contributed by atoms with Gasteiger partial charge in [-0.25, -0.2) is 0 Å². The van der Waals surface area contributed by atoms with E-state index >= 15 is 0 Å². The first-order chi connectivity index (χ1) is 8.34. The zero-order valence-corrected chi connectivity index (χ0v) is 10.5. The largest absolute Gasteiger partial charge is 0.338 e. The molecule has 3 aliphatic heterocycles. The number of piperazine rings is 1. The highest BCUT2D eigenvalue weighted by Gasteiger charge is 2.34. The molecule has 0 aliphatic carbocycles. The number of fused-ring (bicyclic) bond motifs is 1. The van der Waals surface area contributed by atoms with Crippen LogP contribution < -0.4 is 5.32 Å². The average Bonchev–Trinajstić information content (AvgIpc) is 2.91. The molecule has 4 heteroatoms. The van der Waals surface area contributed by atoms with Gasteiger partial charge in [-0.1, -0.05) is 6.42 Å². The van der Waals surface area contributed by atoms with Crippen LogP contribution in [-0.4, -0.2) is 60.5 Å². The van der Waals surface area contributed by atoms with E-state index in [2.05, 4.69) is 15.1 Å². The van der Waals surface area contributed by atoms with Gasteiger partial charge in [0.15, 0.2) is 0 Å². The van der Waals surface area contributed by atoms with Crippen molar-refractivity contribution < 1.29 is 4.79 Å². The molecule has 0 aromatic carbocycles. The van der Waals surface area contributed by atoms with Gasteiger partial charge in [0.05, 0.1) is 6.04 Å². The molecule has 1 amide bonds. The predicted molar refractivity (Wildman–Crippen MR) is 66.8 cm³/mol. The second-order valence-corrected chi connectivity index (χ2v) is 5.62. The van der Waals surface area contributed by atoms with Crippen LogP contribution >= 0.6 is 0 Å². The van der Waals surface area contributed by atoms with E-state index in [0.29, 0.717) is 11.9 Å². The number of carbonyl (C=O) groups excluding carboxylic acids is 1. The van der Waals surface area contributed by atoms with Crippen LogP contribution in [0.15, 0.2) is 0 Å². The summed E-state index contributed by atoms with van der Waals surface area (Å²) in [5.41, 5.74) is 0. The van der Waals surface area contributed by atoms with Crippen molar-refractivity contribution in [3.8, 4) is 0 Å². The molecular weight excluding hydrogens is 214 g/mol. The SMILES string of the molecule is O=C(C1CCCN1)N1CCN2CCCCC2C1. The molecule has 0 aromatic rings. The highest BCUT2D eigenvalue weighted by molar-refractivity contribution is 5.82. The van der Waals surface area contributed by atoms with E-state index in [1.165, 1.54) is 25.8 Å². The van der Waals surface area contributed by atoms with Crippen molar-refractivity contribution in [2.24, 2.45) is 0 Å². The molecule has 3 aliphatic rings. The smallest absolute Gasteiger partial charge is 0.239 e. The minimum atomic E-state index is 0.116. The van der Waals surface area contributed by atoms with Crippen molar-refractivity contribution in [2.45, 2.75) is 44.2 Å². The van der Waals surface area contributed by atoms with E-state index in [1.54, 1.807) is 0 Å². The molecule has 17 heavy (non-hydrogen) atoms. The summed E-state index contributed by atoms with van der Waals surface area (Å²) in [6, 6.07) is 0.757. The Labute approximate surface area is 103 Å². The molecule has 3 saturated heterocycles. The lowest BCUT2D eigenvalue weighted by Gasteiger charge is -2.44. The zero-order chi connectivity index (χ0) is 11.7. The van der Waals surface area contributed by atoms with E-state index in [1.807, 2.05) is 0 Å². The first-order valence-corrected chi connectivity index (χ1v) is 7.11. The van der Waals surface area contributed by atoms with Crippen molar-refractivity contribution in [2.75, 3.05) is 32.7 Å². The number of nitrogens with zero attached hydrogens (tertiary/aromatic N) is 2. The Bertz CT molecular complexity index is 288. The molecule has 3 rings (SSSR count). The van der Waals surface area contributed by atoms with Gasteiger partial charge in [0.25, 0.3) is 0 Å². The Morgan fingerprint density at radius 2 is 2.00 bits per heavy atom. The van der Waals surface area contributed by atoms with Crippen LogP contribution in [0.1, 0.15) is 32.1 Å². The van der Waals surface area contributed by atoms with Crippen molar-refractivity contribution in [1.82, 2.24) is 15.1 Å². The van der Waals surface area contributed by atoms with Gasteiger partial charge in [-0.15, -0.1) is 0 Å². The standard InChI is InChI=1S/C13H23N3O/c17-13(12-5-3-6-14-12)16-9-8-15-7-2-1-4-11(15)10-16/h11-12,14H,1-10H2. The molecule has 4 nitrogen and oxygen atoms in total. The fourth-order valence-electron chi connectivity index (χ4n) is 3.47. The Morgan fingerprint density at radius 1 is 1.06 bits per heavy atom. The lowest BCUT2D eigenvalue weighted by molar-refractivity contribution is -0.136. The first-order valence-electron chi connectivity index (χ1n) is 7.11. The molecule has 0 aromatic heterocycles. The van der Waals surface area contributed by atoms with Gasteiger partial charge in [-0.3, -0.25) is 9.69 Å². The van der Waals surface area contributed by atoms with Crippen LogP contribution in [-0.2, 0) is 4.79 Å². The third-order valence-electron chi connectivity index (χ3n) is 4.51. The van der Waals surface area contributed by atoms with Gasteiger partial charge in [0.1, 0.15) is 0 Å². The summed E-state index contributed by atoms with van der Waals surface area (Å²) in [7, 11) is 0. The molecule has 0 spiro atoms. The molecule has 2 atom stereocenters. The van der Waals surface area contributed by atoms with E-state index < -0.39 is 0 Å². The van der Waals surface area contributed by atoms with Crippen molar-refractivity contribution in [1.29, 1.82) is 0 Å². The van der Waals surface area contributed by atoms with E-state index in [9.17, 15) is 4.79 Å². The molecule has 3 fully saturated rings. The van der Waals surface area contributed by atoms with Crippen LogP contribution in [0.25, 0.3) is 0 Å². The van der Waals surface area contributed by atoms with Gasteiger partial charge in [0, 0.05) is 25.7 Å². The first kappa shape index (κ1) is 11.5. The van der Waals surface area contributed by atoms with Gasteiger partial charge in [0.2, 0.25) is 5.91 Å². The van der Waals surface area contributed by atoms with Gasteiger partial charge in [-0.05, 0) is 38.8 Å². The monoisotopic (exact) mass is 237 g/mol. The van der Waals surface area contributed by atoms with E-state index in [-0.39, 0.29) is 6.04 Å². The summed E-state index contributed by atoms with van der Waals surface area (Å²) >= 11 is 0. The fraction of sp³-hybridized carbons (Fsp3) is 0.923. The molecule has 1 N–H and O–H groups in total. The number of nitrogens with one attached hydrogen (secondary N) is 1. The maximum atomic E-state index is 12.3. The van der Waals surface area contributed by atoms with Crippen LogP contribution in [0.2, 0.25) is 0 Å². The molecular formula is C13H23N3O. The Balaban J connectivity index is 1.59. The minimum Gasteiger partial charge on any atom is -0.338 e. The number of hydrogen-bond acceptors (Lipinski definition) is 3. The number of piperidine rings is 1. The Hall–Kier alpha value is -0.610. The van der Waals surface area contributed by atoms with Crippen LogP contribution in [0, 0.1) is 0 Å². The van der Waals surface area contributed by atoms with Crippen molar-refractivity contribution in [3.05, 3.63) is 0 Å². The third-order valence-corrected chi connectivity index (χ3v) is 4.51. The summed E-state index contributed by atoms with van der Waals surface area (Å²) < 4.78 is 0. The van der Waals surface area contributed by atoms with Crippen LogP contribution in [0.5, 0.6) is 0 Å². The maximum absolute atomic E-state index is 12.3. The molecule has 2 unspecified atom stereocenters. The lowest BCUT2D eigenvalue weighted by atomic mass is 9.99. The topological polar surface area (TPSA) is 35.6 Å². The maximum Gasteiger partial charge on any atom is 0.239 e. The van der Waals surface area contributed by atoms with Crippen LogP contribution in [0.3, 0.4) is 0 Å². The summed E-state index contributed by atoms with van der Waals surface area (Å²) in [6.45, 7) is 5.25. The number of hydrogen-bond donors (Lipinski definition) is 1. The highest BCUT2D eigenvalue weighted by Crippen LogP contribution is 2.22. The Morgan fingerprint density at radius 3 is 2.82 bits per heavy atom. The van der Waals surface area contributed by atoms with Gasteiger partial charge >= 0.3 is 0 Å². The molecule has 0 saturated carbocycles. The average molecular weight is 237 g/mol. The number of carbonyl (C=O) groups is 1. The van der Waals surface area contributed by atoms with E-state index in [4.69, 9.17) is 0 Å². The summed E-state index contributed by atoms with van der Waals surface area (Å²) in [6.07, 6.45) is 6.14. The second-order valence-electron chi connectivity index (χ2n) is 5.62. The second kappa shape index (κ2) is 4.94. The van der Waals surface area contributed by atoms with Crippen LogP contribution in [0.4, 0.5) is 0 Å². The fourth-order valence-corrected chi connectivity index (χ4v) is 3.47. The van der Waals surface area contributed by atoms with Gasteiger partial charge < -0.3 is 10.2 Å². The number of amides is 1. The van der Waals surface area contributed by atoms with E-state index in [0.717, 1.165) is 39.0 Å². The molecule has 0 bridgehead atoms. The van der Waals surface area contributed by atoms with Gasteiger partial charge in [-0.2, -0.15) is 0 Å². The predicted octanol–water partition coefficient (Wildman–Crippen LogP) is 0.435. The summed E-state index contributed by atoms with van der Waals surface area (Å²) in [5, 5.41) is 3.32. The normalized spacial score (nSPS) is 34.7. The molecule has 3 heterocycles. The van der Waals surface area contributed by atoms with Crippen molar-refractivity contribution >= 4 is 5.91 Å². The molecule has 0 radical (unpaired) electrons. The minimum absolute atomic E-state index is 0.116. The molecule has 96 valence electrons.